The minimum Gasteiger partial charge on any atom is -0.393 e. The van der Waals surface area contributed by atoms with E-state index in [0.29, 0.717) is 0 Å². The number of thiazole rings is 1. The van der Waals surface area contributed by atoms with Gasteiger partial charge in [0.05, 0.1) is 18.3 Å². The second-order valence-corrected chi connectivity index (χ2v) is 8.87. The maximum absolute atomic E-state index is 9.60. The molecule has 3 rings (SSSR count). The summed E-state index contributed by atoms with van der Waals surface area (Å²) in [4.78, 5) is 15.8. The van der Waals surface area contributed by atoms with E-state index >= 15 is 0 Å². The van der Waals surface area contributed by atoms with Crippen LogP contribution in [0.3, 0.4) is 0 Å². The first kappa shape index (κ1) is 20.6. The second kappa shape index (κ2) is 10.4. The number of nitrogens with zero attached hydrogens (tertiary/aromatic N) is 4. The van der Waals surface area contributed by atoms with Crippen LogP contribution >= 0.6 is 11.3 Å². The van der Waals surface area contributed by atoms with Crippen LogP contribution in [0.15, 0.2) is 4.99 Å². The summed E-state index contributed by atoms with van der Waals surface area (Å²) >= 11 is 1.88. The molecule has 0 unspecified atom stereocenters. The second-order valence-electron chi connectivity index (χ2n) is 7.70. The lowest BCUT2D eigenvalue weighted by Gasteiger charge is -2.29. The number of hydrogen-bond donors (Lipinski definition) is 2. The predicted molar refractivity (Wildman–Crippen MR) is 112 cm³/mol. The van der Waals surface area contributed by atoms with E-state index in [-0.39, 0.29) is 6.10 Å². The van der Waals surface area contributed by atoms with Crippen molar-refractivity contribution in [3.8, 4) is 0 Å². The standard InChI is InChI=1S/C20H35N5OS/c1-3-21-20(22-11-6-12-25-13-9-16(26)10-14-25)24(2)15-19-23-17-7-4-5-8-18(17)27-19/h16,26H,3-15H2,1-2H3,(H,21,22). The van der Waals surface area contributed by atoms with Crippen molar-refractivity contribution in [3.05, 3.63) is 15.6 Å². The monoisotopic (exact) mass is 393 g/mol. The van der Waals surface area contributed by atoms with Crippen molar-refractivity contribution in [3.63, 3.8) is 0 Å². The van der Waals surface area contributed by atoms with Crippen LogP contribution in [0.25, 0.3) is 0 Å². The highest BCUT2D eigenvalue weighted by molar-refractivity contribution is 7.11. The maximum Gasteiger partial charge on any atom is 0.194 e. The Bertz CT molecular complexity index is 586. The molecule has 0 aromatic carbocycles. The number of piperidine rings is 1. The van der Waals surface area contributed by atoms with Gasteiger partial charge < -0.3 is 20.2 Å². The molecule has 1 aliphatic carbocycles. The number of fused-ring (bicyclic) bond motifs is 1. The zero-order valence-electron chi connectivity index (χ0n) is 16.9. The molecule has 152 valence electrons. The van der Waals surface area contributed by atoms with Gasteiger partial charge in [-0.15, -0.1) is 11.3 Å². The molecule has 1 fully saturated rings. The molecule has 1 aromatic rings. The SMILES string of the molecule is CCNC(=NCCCN1CCC(O)CC1)N(C)Cc1nc2c(s1)CCCC2. The number of aliphatic hydroxyl groups excluding tert-OH is 1. The van der Waals surface area contributed by atoms with Crippen LogP contribution < -0.4 is 5.32 Å². The van der Waals surface area contributed by atoms with Crippen molar-refractivity contribution < 1.29 is 5.11 Å². The van der Waals surface area contributed by atoms with E-state index in [9.17, 15) is 5.11 Å². The highest BCUT2D eigenvalue weighted by Gasteiger charge is 2.18. The highest BCUT2D eigenvalue weighted by atomic mass is 32.1. The molecule has 1 aromatic heterocycles. The van der Waals surface area contributed by atoms with E-state index in [1.165, 1.54) is 34.8 Å². The minimum atomic E-state index is -0.0928. The van der Waals surface area contributed by atoms with Gasteiger partial charge >= 0.3 is 0 Å². The molecule has 0 spiro atoms. The molecule has 0 bridgehead atoms. The summed E-state index contributed by atoms with van der Waals surface area (Å²) in [5, 5.41) is 14.2. The van der Waals surface area contributed by atoms with Crippen molar-refractivity contribution >= 4 is 17.3 Å². The Morgan fingerprint density at radius 2 is 2.11 bits per heavy atom. The van der Waals surface area contributed by atoms with Gasteiger partial charge in [0.1, 0.15) is 5.01 Å². The molecule has 1 saturated heterocycles. The topological polar surface area (TPSA) is 64.0 Å². The summed E-state index contributed by atoms with van der Waals surface area (Å²) in [6.45, 7) is 7.75. The zero-order valence-corrected chi connectivity index (χ0v) is 17.7. The number of rotatable bonds is 7. The lowest BCUT2D eigenvalue weighted by atomic mass is 10.0. The molecule has 1 aliphatic heterocycles. The first-order valence-electron chi connectivity index (χ1n) is 10.5. The number of aliphatic hydroxyl groups is 1. The summed E-state index contributed by atoms with van der Waals surface area (Å²) in [6, 6.07) is 0. The van der Waals surface area contributed by atoms with E-state index in [1.807, 2.05) is 11.3 Å². The van der Waals surface area contributed by atoms with Crippen LogP contribution in [-0.4, -0.2) is 71.7 Å². The fourth-order valence-corrected chi connectivity index (χ4v) is 5.05. The number of likely N-dealkylation sites (tertiary alicyclic amines) is 1. The maximum atomic E-state index is 9.60. The molecule has 0 amide bonds. The molecule has 6 nitrogen and oxygen atoms in total. The van der Waals surface area contributed by atoms with Gasteiger partial charge in [-0.3, -0.25) is 4.99 Å². The van der Waals surface area contributed by atoms with E-state index in [4.69, 9.17) is 9.98 Å². The van der Waals surface area contributed by atoms with Gasteiger partial charge in [0.15, 0.2) is 5.96 Å². The molecule has 0 radical (unpaired) electrons. The van der Waals surface area contributed by atoms with Crippen molar-refractivity contribution in [1.29, 1.82) is 0 Å². The molecule has 0 atom stereocenters. The van der Waals surface area contributed by atoms with Gasteiger partial charge in [-0.05, 0) is 58.4 Å². The van der Waals surface area contributed by atoms with Gasteiger partial charge in [0, 0.05) is 38.1 Å². The Kier molecular flexibility index (Phi) is 7.91. The third-order valence-electron chi connectivity index (χ3n) is 5.41. The summed E-state index contributed by atoms with van der Waals surface area (Å²) in [5.74, 6) is 0.972. The van der Waals surface area contributed by atoms with Crippen LogP contribution in [0.1, 0.15) is 54.6 Å². The molecule has 2 aliphatic rings. The number of aliphatic imine (C=N–C) groups is 1. The molecule has 7 heteroatoms. The van der Waals surface area contributed by atoms with Crippen molar-refractivity contribution in [2.45, 2.75) is 64.5 Å². The van der Waals surface area contributed by atoms with E-state index < -0.39 is 0 Å². The quantitative estimate of drug-likeness (QED) is 0.423. The molecule has 27 heavy (non-hydrogen) atoms. The highest BCUT2D eigenvalue weighted by Crippen LogP contribution is 2.27. The van der Waals surface area contributed by atoms with Crippen molar-refractivity contribution in [1.82, 2.24) is 20.1 Å². The Hall–Kier alpha value is -1.18. The summed E-state index contributed by atoms with van der Waals surface area (Å²) in [7, 11) is 2.11. The third kappa shape index (κ3) is 6.16. The molecular weight excluding hydrogens is 358 g/mol. The Balaban J connectivity index is 1.47. The lowest BCUT2D eigenvalue weighted by Crippen LogP contribution is -2.39. The van der Waals surface area contributed by atoms with Crippen LogP contribution in [0.2, 0.25) is 0 Å². The third-order valence-corrected chi connectivity index (χ3v) is 6.55. The van der Waals surface area contributed by atoms with E-state index in [1.54, 1.807) is 0 Å². The normalized spacial score (nSPS) is 19.1. The van der Waals surface area contributed by atoms with Gasteiger partial charge in [0.2, 0.25) is 0 Å². The zero-order chi connectivity index (χ0) is 19.1. The number of guanidine groups is 1. The van der Waals surface area contributed by atoms with Crippen molar-refractivity contribution in [2.24, 2.45) is 4.99 Å². The number of nitrogens with one attached hydrogen (secondary N) is 1. The van der Waals surface area contributed by atoms with Crippen LogP contribution in [-0.2, 0) is 19.4 Å². The van der Waals surface area contributed by atoms with Gasteiger partial charge in [-0.25, -0.2) is 4.98 Å². The van der Waals surface area contributed by atoms with E-state index in [2.05, 4.69) is 29.1 Å². The smallest absolute Gasteiger partial charge is 0.194 e. The van der Waals surface area contributed by atoms with Gasteiger partial charge in [-0.2, -0.15) is 0 Å². The summed E-state index contributed by atoms with van der Waals surface area (Å²) in [6.07, 6.45) is 7.74. The Morgan fingerprint density at radius 1 is 1.33 bits per heavy atom. The molecular formula is C20H35N5OS. The Morgan fingerprint density at radius 3 is 2.85 bits per heavy atom. The fourth-order valence-electron chi connectivity index (χ4n) is 3.84. The van der Waals surface area contributed by atoms with Gasteiger partial charge in [0.25, 0.3) is 0 Å². The van der Waals surface area contributed by atoms with Crippen LogP contribution in [0.4, 0.5) is 0 Å². The molecule has 0 saturated carbocycles. The van der Waals surface area contributed by atoms with Crippen LogP contribution in [0, 0.1) is 0 Å². The van der Waals surface area contributed by atoms with Gasteiger partial charge in [-0.1, -0.05) is 0 Å². The molecule has 2 heterocycles. The summed E-state index contributed by atoms with van der Waals surface area (Å²) < 4.78 is 0. The van der Waals surface area contributed by atoms with E-state index in [0.717, 1.165) is 70.9 Å². The lowest BCUT2D eigenvalue weighted by molar-refractivity contribution is 0.0824. The fraction of sp³-hybridized carbons (Fsp3) is 0.800. The predicted octanol–water partition coefficient (Wildman–Crippen LogP) is 2.27. The first-order chi connectivity index (χ1) is 13.2. The molecule has 2 N–H and O–H groups in total. The van der Waals surface area contributed by atoms with Crippen molar-refractivity contribution in [2.75, 3.05) is 39.8 Å². The average Bonchev–Trinajstić information content (AvgIpc) is 3.08. The summed E-state index contributed by atoms with van der Waals surface area (Å²) in [5.41, 5.74) is 1.34. The number of aromatic nitrogens is 1. The first-order valence-corrected chi connectivity index (χ1v) is 11.3. The van der Waals surface area contributed by atoms with Crippen LogP contribution in [0.5, 0.6) is 0 Å². The number of hydrogen-bond acceptors (Lipinski definition) is 5. The average molecular weight is 394 g/mol. The largest absolute Gasteiger partial charge is 0.393 e. The number of aryl methyl sites for hydroxylation is 2. The minimum absolute atomic E-state index is 0.0928. The Labute approximate surface area is 167 Å².